The fourth-order valence-corrected chi connectivity index (χ4v) is 5.37. The Kier molecular flexibility index (Phi) is 4.22. The number of fused-ring (bicyclic) bond motifs is 3. The third-order valence-electron chi connectivity index (χ3n) is 5.68. The quantitative estimate of drug-likeness (QED) is 0.582. The van der Waals surface area contributed by atoms with Crippen molar-refractivity contribution in [2.75, 3.05) is 5.32 Å². The van der Waals surface area contributed by atoms with Gasteiger partial charge in [-0.3, -0.25) is 14.9 Å². The number of carbonyl (C=O) groups excluding carboxylic acids is 1. The molecule has 1 aromatic heterocycles. The fraction of sp³-hybridized carbons (Fsp3) is 0.450. The van der Waals surface area contributed by atoms with Gasteiger partial charge in [0.1, 0.15) is 11.2 Å². The Morgan fingerprint density at radius 2 is 2.04 bits per heavy atom. The summed E-state index contributed by atoms with van der Waals surface area (Å²) in [7, 11) is 0. The highest BCUT2D eigenvalue weighted by atomic mass is 32.1. The number of rotatable bonds is 2. The molecular formula is C20H23N3O3S. The molecule has 2 aromatic rings. The minimum absolute atomic E-state index is 0.0211. The molecule has 2 N–H and O–H groups in total. The number of anilines is 1. The number of nitro benzene ring substituents is 1. The average molecular weight is 385 g/mol. The summed E-state index contributed by atoms with van der Waals surface area (Å²) in [6.45, 7) is 6.83. The molecule has 2 aliphatic rings. The summed E-state index contributed by atoms with van der Waals surface area (Å²) in [5.74, 6) is 0.521. The van der Waals surface area contributed by atoms with Crippen molar-refractivity contribution < 1.29 is 9.72 Å². The number of hydrogen-bond donors (Lipinski definition) is 2. The molecule has 0 saturated heterocycles. The number of nitro groups is 1. The summed E-state index contributed by atoms with van der Waals surface area (Å²) >= 11 is 1.66. The van der Waals surface area contributed by atoms with Crippen molar-refractivity contribution in [3.8, 4) is 0 Å². The van der Waals surface area contributed by atoms with Gasteiger partial charge in [0.2, 0.25) is 0 Å². The van der Waals surface area contributed by atoms with E-state index in [1.54, 1.807) is 23.5 Å². The van der Waals surface area contributed by atoms with Crippen molar-refractivity contribution in [1.82, 2.24) is 5.32 Å². The summed E-state index contributed by atoms with van der Waals surface area (Å²) in [6, 6.07) is 6.39. The molecule has 0 fully saturated rings. The average Bonchev–Trinajstić information content (AvgIpc) is 2.99. The summed E-state index contributed by atoms with van der Waals surface area (Å²) in [4.78, 5) is 24.7. The molecule has 0 bridgehead atoms. The number of nitrogens with one attached hydrogen (secondary N) is 2. The minimum atomic E-state index is -0.455. The second-order valence-electron chi connectivity index (χ2n) is 8.42. The molecule has 7 heteroatoms. The van der Waals surface area contributed by atoms with E-state index < -0.39 is 11.1 Å². The van der Waals surface area contributed by atoms with Crippen LogP contribution >= 0.6 is 11.3 Å². The first kappa shape index (κ1) is 18.0. The molecule has 142 valence electrons. The van der Waals surface area contributed by atoms with Crippen molar-refractivity contribution in [1.29, 1.82) is 0 Å². The molecule has 4 rings (SSSR count). The largest absolute Gasteiger partial charge is 0.353 e. The molecule has 2 atom stereocenters. The molecule has 1 aliphatic carbocycles. The van der Waals surface area contributed by atoms with Crippen LogP contribution in [0.4, 0.5) is 10.7 Å². The molecule has 0 spiro atoms. The van der Waals surface area contributed by atoms with Crippen LogP contribution in [-0.4, -0.2) is 10.8 Å². The van der Waals surface area contributed by atoms with Crippen molar-refractivity contribution in [2.24, 2.45) is 11.3 Å². The van der Waals surface area contributed by atoms with E-state index in [9.17, 15) is 14.9 Å². The molecule has 2 unspecified atom stereocenters. The normalized spacial score (nSPS) is 21.7. The van der Waals surface area contributed by atoms with Crippen LogP contribution in [0.1, 0.15) is 59.7 Å². The topological polar surface area (TPSA) is 84.3 Å². The molecule has 0 radical (unpaired) electrons. The van der Waals surface area contributed by atoms with Crippen LogP contribution in [0.25, 0.3) is 0 Å². The van der Waals surface area contributed by atoms with E-state index in [4.69, 9.17) is 0 Å². The van der Waals surface area contributed by atoms with Gasteiger partial charge in [-0.25, -0.2) is 0 Å². The second-order valence-corrected chi connectivity index (χ2v) is 9.52. The summed E-state index contributed by atoms with van der Waals surface area (Å²) in [5, 5.41) is 18.3. The Bertz CT molecular complexity index is 929. The Morgan fingerprint density at radius 1 is 1.26 bits per heavy atom. The maximum Gasteiger partial charge on any atom is 0.269 e. The van der Waals surface area contributed by atoms with E-state index in [1.165, 1.54) is 22.6 Å². The predicted octanol–water partition coefficient (Wildman–Crippen LogP) is 4.66. The number of nitrogens with zero attached hydrogens (tertiary/aromatic N) is 1. The fourth-order valence-electron chi connectivity index (χ4n) is 4.02. The van der Waals surface area contributed by atoms with Crippen LogP contribution < -0.4 is 10.6 Å². The number of non-ortho nitro benzene ring substituents is 1. The standard InChI is InChI=1S/C20H23N3O3S/c1-20(2,3)12-7-8-14-15(10-12)27-19-16(14)18(24)21-17(22-19)11-5-4-6-13(9-11)23(25)26/h4-6,9,12,17,22H,7-8,10H2,1-3H3,(H,21,24). The molecule has 1 amide bonds. The Balaban J connectivity index is 1.64. The number of benzene rings is 1. The molecule has 0 saturated carbocycles. The van der Waals surface area contributed by atoms with E-state index in [0.29, 0.717) is 11.5 Å². The number of carbonyl (C=O) groups is 1. The minimum Gasteiger partial charge on any atom is -0.353 e. The van der Waals surface area contributed by atoms with Crippen LogP contribution in [0.5, 0.6) is 0 Å². The first-order valence-corrected chi connectivity index (χ1v) is 10.0. The van der Waals surface area contributed by atoms with E-state index in [-0.39, 0.29) is 17.0 Å². The van der Waals surface area contributed by atoms with Gasteiger partial charge in [-0.1, -0.05) is 32.9 Å². The third kappa shape index (κ3) is 3.20. The van der Waals surface area contributed by atoms with E-state index >= 15 is 0 Å². The van der Waals surface area contributed by atoms with Gasteiger partial charge in [-0.2, -0.15) is 0 Å². The smallest absolute Gasteiger partial charge is 0.269 e. The van der Waals surface area contributed by atoms with Crippen molar-refractivity contribution in [3.63, 3.8) is 0 Å². The van der Waals surface area contributed by atoms with Gasteiger partial charge in [-0.15, -0.1) is 11.3 Å². The van der Waals surface area contributed by atoms with Gasteiger partial charge in [0.25, 0.3) is 11.6 Å². The maximum atomic E-state index is 12.8. The zero-order chi connectivity index (χ0) is 19.3. The van der Waals surface area contributed by atoms with E-state index in [1.807, 2.05) is 0 Å². The highest BCUT2D eigenvalue weighted by Crippen LogP contribution is 2.46. The second kappa shape index (κ2) is 6.34. The lowest BCUT2D eigenvalue weighted by molar-refractivity contribution is -0.384. The van der Waals surface area contributed by atoms with Crippen LogP contribution in [0.15, 0.2) is 24.3 Å². The first-order chi connectivity index (χ1) is 12.7. The van der Waals surface area contributed by atoms with Crippen molar-refractivity contribution in [3.05, 3.63) is 55.9 Å². The van der Waals surface area contributed by atoms with Gasteiger partial charge in [0, 0.05) is 22.6 Å². The lowest BCUT2D eigenvalue weighted by Gasteiger charge is -2.34. The lowest BCUT2D eigenvalue weighted by atomic mass is 9.72. The molecular weight excluding hydrogens is 362 g/mol. The molecule has 2 heterocycles. The summed E-state index contributed by atoms with van der Waals surface area (Å²) < 4.78 is 0. The summed E-state index contributed by atoms with van der Waals surface area (Å²) in [5.41, 5.74) is 2.90. The van der Waals surface area contributed by atoms with Crippen LogP contribution in [-0.2, 0) is 12.8 Å². The van der Waals surface area contributed by atoms with Gasteiger partial charge in [0.15, 0.2) is 0 Å². The molecule has 27 heavy (non-hydrogen) atoms. The van der Waals surface area contributed by atoms with Crippen LogP contribution in [0.3, 0.4) is 0 Å². The zero-order valence-electron chi connectivity index (χ0n) is 15.7. The van der Waals surface area contributed by atoms with E-state index in [2.05, 4.69) is 31.4 Å². The van der Waals surface area contributed by atoms with Gasteiger partial charge in [0.05, 0.1) is 10.5 Å². The van der Waals surface area contributed by atoms with Crippen LogP contribution in [0.2, 0.25) is 0 Å². The highest BCUT2D eigenvalue weighted by Gasteiger charge is 2.36. The Morgan fingerprint density at radius 3 is 2.74 bits per heavy atom. The van der Waals surface area contributed by atoms with Gasteiger partial charge in [-0.05, 0) is 36.2 Å². The zero-order valence-corrected chi connectivity index (χ0v) is 16.5. The Hall–Kier alpha value is -2.41. The molecule has 1 aromatic carbocycles. The lowest BCUT2D eigenvalue weighted by Crippen LogP contribution is -2.38. The SMILES string of the molecule is CC(C)(C)C1CCc2c(sc3c2C(=O)NC(c2cccc([N+](=O)[O-])c2)N3)C1. The predicted molar refractivity (Wildman–Crippen MR) is 106 cm³/mol. The monoisotopic (exact) mass is 385 g/mol. The van der Waals surface area contributed by atoms with Crippen molar-refractivity contribution >= 4 is 27.9 Å². The van der Waals surface area contributed by atoms with Crippen LogP contribution in [0, 0.1) is 21.4 Å². The Labute approximate surface area is 162 Å². The van der Waals surface area contributed by atoms with Crippen molar-refractivity contribution in [2.45, 2.75) is 46.2 Å². The number of amides is 1. The number of thiophene rings is 1. The maximum absolute atomic E-state index is 12.8. The number of hydrogen-bond acceptors (Lipinski definition) is 5. The molecule has 6 nitrogen and oxygen atoms in total. The molecule has 1 aliphatic heterocycles. The van der Waals surface area contributed by atoms with E-state index in [0.717, 1.165) is 29.8 Å². The highest BCUT2D eigenvalue weighted by molar-refractivity contribution is 7.16. The summed E-state index contributed by atoms with van der Waals surface area (Å²) in [6.07, 6.45) is 2.58. The van der Waals surface area contributed by atoms with Gasteiger partial charge >= 0.3 is 0 Å². The van der Waals surface area contributed by atoms with Gasteiger partial charge < -0.3 is 10.6 Å². The third-order valence-corrected chi connectivity index (χ3v) is 6.87. The first-order valence-electron chi connectivity index (χ1n) is 9.20.